The van der Waals surface area contributed by atoms with Crippen LogP contribution in [0, 0.1) is 5.92 Å². The maximum absolute atomic E-state index is 4.32. The van der Waals surface area contributed by atoms with Gasteiger partial charge in [0.25, 0.3) is 0 Å². The van der Waals surface area contributed by atoms with Gasteiger partial charge in [-0.1, -0.05) is 6.92 Å². The maximum atomic E-state index is 4.32. The fourth-order valence-corrected chi connectivity index (χ4v) is 3.36. The Bertz CT molecular complexity index is 454. The summed E-state index contributed by atoms with van der Waals surface area (Å²) < 4.78 is 0. The highest BCUT2D eigenvalue weighted by atomic mass is 32.1. The van der Waals surface area contributed by atoms with E-state index in [1.807, 2.05) is 18.6 Å². The Morgan fingerprint density at radius 1 is 1.50 bits per heavy atom. The Morgan fingerprint density at radius 3 is 3.00 bits per heavy atom. The Kier molecular flexibility index (Phi) is 4.21. The third kappa shape index (κ3) is 3.30. The van der Waals surface area contributed by atoms with E-state index in [1.165, 1.54) is 19.4 Å². The molecule has 0 spiro atoms. The summed E-state index contributed by atoms with van der Waals surface area (Å²) in [4.78, 5) is 11.2. The van der Waals surface area contributed by atoms with Gasteiger partial charge in [-0.05, 0) is 18.8 Å². The molecule has 0 radical (unpaired) electrons. The lowest BCUT2D eigenvalue weighted by molar-refractivity contribution is 0.315. The van der Waals surface area contributed by atoms with Gasteiger partial charge in [0.15, 0.2) is 5.96 Å². The third-order valence-electron chi connectivity index (χ3n) is 4.14. The number of aliphatic imine (C=N–C) groups is 1. The predicted octanol–water partition coefficient (Wildman–Crippen LogP) is 1.29. The van der Waals surface area contributed by atoms with E-state index in [0.29, 0.717) is 12.0 Å². The number of guanidine groups is 1. The fraction of sp³-hybridized carbons (Fsp3) is 0.714. The number of hydrogen-bond donors (Lipinski definition) is 2. The second-order valence-electron chi connectivity index (χ2n) is 5.76. The standard InChI is InChI=1S/C14H23N5S/c1-10-8-19(11-3-4-11)9-12(10)18-14(15-2)17-7-13-16-5-6-20-13/h5-6,10-12H,3-4,7-9H2,1-2H3,(H2,15,17,18). The van der Waals surface area contributed by atoms with E-state index >= 15 is 0 Å². The first-order valence-electron chi connectivity index (χ1n) is 7.36. The molecule has 1 aromatic rings. The van der Waals surface area contributed by atoms with Gasteiger partial charge >= 0.3 is 0 Å². The van der Waals surface area contributed by atoms with Gasteiger partial charge in [-0.15, -0.1) is 11.3 Å². The molecule has 6 heteroatoms. The molecule has 2 aliphatic rings. The zero-order valence-corrected chi connectivity index (χ0v) is 13.0. The topological polar surface area (TPSA) is 52.6 Å². The Labute approximate surface area is 124 Å². The molecule has 2 unspecified atom stereocenters. The van der Waals surface area contributed by atoms with Crippen LogP contribution in [0.2, 0.25) is 0 Å². The molecule has 1 aliphatic heterocycles. The molecule has 0 amide bonds. The lowest BCUT2D eigenvalue weighted by Crippen LogP contribution is -2.46. The van der Waals surface area contributed by atoms with Gasteiger partial charge in [0.2, 0.25) is 0 Å². The highest BCUT2D eigenvalue weighted by molar-refractivity contribution is 7.09. The minimum Gasteiger partial charge on any atom is -0.352 e. The lowest BCUT2D eigenvalue weighted by Gasteiger charge is -2.20. The summed E-state index contributed by atoms with van der Waals surface area (Å²) in [7, 11) is 1.83. The first-order chi connectivity index (χ1) is 9.76. The molecule has 5 nitrogen and oxygen atoms in total. The first kappa shape index (κ1) is 13.8. The molecule has 0 bridgehead atoms. The largest absolute Gasteiger partial charge is 0.352 e. The van der Waals surface area contributed by atoms with Crippen LogP contribution < -0.4 is 10.6 Å². The summed E-state index contributed by atoms with van der Waals surface area (Å²) in [6, 6.07) is 1.35. The Morgan fingerprint density at radius 2 is 2.35 bits per heavy atom. The van der Waals surface area contributed by atoms with Crippen LogP contribution in [0.15, 0.2) is 16.6 Å². The van der Waals surface area contributed by atoms with Gasteiger partial charge in [-0.2, -0.15) is 0 Å². The molecule has 1 aromatic heterocycles. The van der Waals surface area contributed by atoms with Crippen molar-refractivity contribution in [3.05, 3.63) is 16.6 Å². The van der Waals surface area contributed by atoms with Crippen molar-refractivity contribution in [3.8, 4) is 0 Å². The van der Waals surface area contributed by atoms with Crippen molar-refractivity contribution in [1.29, 1.82) is 0 Å². The van der Waals surface area contributed by atoms with Crippen molar-refractivity contribution >= 4 is 17.3 Å². The first-order valence-corrected chi connectivity index (χ1v) is 8.24. The maximum Gasteiger partial charge on any atom is 0.191 e. The smallest absolute Gasteiger partial charge is 0.191 e. The SMILES string of the molecule is CN=C(NCc1nccs1)NC1CN(C2CC2)CC1C. The molecule has 1 aliphatic carbocycles. The van der Waals surface area contributed by atoms with Crippen LogP contribution in [0.1, 0.15) is 24.8 Å². The minimum atomic E-state index is 0.498. The average Bonchev–Trinajstić information content (AvgIpc) is 3.05. The molecule has 20 heavy (non-hydrogen) atoms. The number of nitrogens with one attached hydrogen (secondary N) is 2. The van der Waals surface area contributed by atoms with E-state index < -0.39 is 0 Å². The van der Waals surface area contributed by atoms with Gasteiger partial charge in [-0.25, -0.2) is 4.98 Å². The summed E-state index contributed by atoms with van der Waals surface area (Å²) in [5, 5.41) is 10.0. The number of hydrogen-bond acceptors (Lipinski definition) is 4. The number of nitrogens with zero attached hydrogens (tertiary/aromatic N) is 3. The lowest BCUT2D eigenvalue weighted by atomic mass is 10.1. The van der Waals surface area contributed by atoms with Crippen LogP contribution >= 0.6 is 11.3 Å². The number of thiazole rings is 1. The van der Waals surface area contributed by atoms with Crippen LogP contribution in [-0.2, 0) is 6.54 Å². The summed E-state index contributed by atoms with van der Waals surface area (Å²) in [6.45, 7) is 5.43. The van der Waals surface area contributed by atoms with Gasteiger partial charge in [0, 0.05) is 43.8 Å². The van der Waals surface area contributed by atoms with E-state index in [1.54, 1.807) is 11.3 Å². The van der Waals surface area contributed by atoms with Gasteiger partial charge in [0.1, 0.15) is 5.01 Å². The van der Waals surface area contributed by atoms with Crippen molar-refractivity contribution in [2.24, 2.45) is 10.9 Å². The molecule has 2 N–H and O–H groups in total. The Balaban J connectivity index is 1.50. The molecule has 2 fully saturated rings. The highest BCUT2D eigenvalue weighted by Crippen LogP contribution is 2.31. The minimum absolute atomic E-state index is 0.498. The quantitative estimate of drug-likeness (QED) is 0.649. The van der Waals surface area contributed by atoms with Crippen molar-refractivity contribution in [2.75, 3.05) is 20.1 Å². The molecule has 1 saturated carbocycles. The van der Waals surface area contributed by atoms with Crippen LogP contribution in [0.5, 0.6) is 0 Å². The number of aromatic nitrogens is 1. The second-order valence-corrected chi connectivity index (χ2v) is 6.74. The monoisotopic (exact) mass is 293 g/mol. The average molecular weight is 293 g/mol. The van der Waals surface area contributed by atoms with Gasteiger partial charge < -0.3 is 10.6 Å². The zero-order valence-electron chi connectivity index (χ0n) is 12.2. The van der Waals surface area contributed by atoms with Crippen molar-refractivity contribution < 1.29 is 0 Å². The fourth-order valence-electron chi connectivity index (χ4n) is 2.80. The van der Waals surface area contributed by atoms with E-state index in [9.17, 15) is 0 Å². The molecule has 0 aromatic carbocycles. The van der Waals surface area contributed by atoms with E-state index in [-0.39, 0.29) is 0 Å². The second kappa shape index (κ2) is 6.10. The van der Waals surface area contributed by atoms with E-state index in [4.69, 9.17) is 0 Å². The molecule has 2 heterocycles. The van der Waals surface area contributed by atoms with Crippen molar-refractivity contribution in [2.45, 2.75) is 38.4 Å². The Hall–Kier alpha value is -1.14. The van der Waals surface area contributed by atoms with E-state index in [0.717, 1.165) is 30.1 Å². The summed E-state index contributed by atoms with van der Waals surface area (Å²) in [6.07, 6.45) is 4.61. The highest BCUT2D eigenvalue weighted by Gasteiger charge is 2.38. The molecular weight excluding hydrogens is 270 g/mol. The normalized spacial score (nSPS) is 27.8. The van der Waals surface area contributed by atoms with Crippen molar-refractivity contribution in [3.63, 3.8) is 0 Å². The predicted molar refractivity (Wildman–Crippen MR) is 83.0 cm³/mol. The van der Waals surface area contributed by atoms with Crippen LogP contribution in [0.4, 0.5) is 0 Å². The van der Waals surface area contributed by atoms with Crippen LogP contribution in [0.25, 0.3) is 0 Å². The number of rotatable bonds is 4. The van der Waals surface area contributed by atoms with E-state index in [2.05, 4.69) is 32.4 Å². The van der Waals surface area contributed by atoms with Gasteiger partial charge in [-0.3, -0.25) is 9.89 Å². The van der Waals surface area contributed by atoms with Crippen LogP contribution in [-0.4, -0.2) is 48.1 Å². The number of likely N-dealkylation sites (tertiary alicyclic amines) is 1. The summed E-state index contributed by atoms with van der Waals surface area (Å²) >= 11 is 1.67. The third-order valence-corrected chi connectivity index (χ3v) is 4.92. The molecule has 110 valence electrons. The summed E-state index contributed by atoms with van der Waals surface area (Å²) in [5.41, 5.74) is 0. The van der Waals surface area contributed by atoms with Crippen LogP contribution in [0.3, 0.4) is 0 Å². The zero-order chi connectivity index (χ0) is 13.9. The molecule has 2 atom stereocenters. The molecular formula is C14H23N5S. The molecule has 3 rings (SSSR count). The summed E-state index contributed by atoms with van der Waals surface area (Å²) in [5.74, 6) is 1.56. The molecule has 1 saturated heterocycles. The van der Waals surface area contributed by atoms with Gasteiger partial charge in [0.05, 0.1) is 6.54 Å². The van der Waals surface area contributed by atoms with Crippen molar-refractivity contribution in [1.82, 2.24) is 20.5 Å².